The van der Waals surface area contributed by atoms with E-state index in [1.165, 1.54) is 54.6 Å². The summed E-state index contributed by atoms with van der Waals surface area (Å²) in [4.78, 5) is 6.86. The Morgan fingerprint density at radius 2 is 1.06 bits per heavy atom. The van der Waals surface area contributed by atoms with Gasteiger partial charge in [0.15, 0.2) is 0 Å². The zero-order chi connectivity index (χ0) is 33.0. The number of fused-ring (bicyclic) bond motifs is 8. The minimum Gasteiger partial charge on any atom is -0.438 e. The maximum atomic E-state index is 6.24. The Balaban J connectivity index is 1.16. The van der Waals surface area contributed by atoms with Crippen LogP contribution in [0.1, 0.15) is 0 Å². The summed E-state index contributed by atoms with van der Waals surface area (Å²) in [6.07, 6.45) is 1.78. The lowest BCUT2D eigenvalue weighted by Gasteiger charge is -2.26. The number of anilines is 3. The third-order valence-corrected chi connectivity index (χ3v) is 9.93. The second-order valence-corrected chi connectivity index (χ2v) is 12.8. The highest BCUT2D eigenvalue weighted by atomic mass is 16.3. The number of rotatable bonds is 5. The lowest BCUT2D eigenvalue weighted by atomic mass is 9.91. The van der Waals surface area contributed by atoms with Gasteiger partial charge in [-0.3, -0.25) is 0 Å². The molecule has 3 heteroatoms. The fourth-order valence-corrected chi connectivity index (χ4v) is 7.58. The average molecular weight is 639 g/mol. The zero-order valence-electron chi connectivity index (χ0n) is 27.1. The molecule has 2 heterocycles. The zero-order valence-corrected chi connectivity index (χ0v) is 27.1. The largest absolute Gasteiger partial charge is 0.438 e. The first-order chi connectivity index (χ1) is 24.8. The van der Waals surface area contributed by atoms with Crippen LogP contribution in [0.25, 0.3) is 76.6 Å². The molecule has 3 nitrogen and oxygen atoms in total. The van der Waals surface area contributed by atoms with E-state index in [-0.39, 0.29) is 0 Å². The first kappa shape index (κ1) is 28.3. The van der Waals surface area contributed by atoms with Gasteiger partial charge in [-0.1, -0.05) is 121 Å². The average Bonchev–Trinajstić information content (AvgIpc) is 3.58. The third kappa shape index (κ3) is 4.56. The quantitative estimate of drug-likeness (QED) is 0.176. The third-order valence-electron chi connectivity index (χ3n) is 9.93. The van der Waals surface area contributed by atoms with Crippen LogP contribution in [-0.2, 0) is 0 Å². The van der Waals surface area contributed by atoms with E-state index in [9.17, 15) is 0 Å². The van der Waals surface area contributed by atoms with Crippen molar-refractivity contribution in [2.45, 2.75) is 0 Å². The fraction of sp³-hybridized carbons (Fsp3) is 0. The fourth-order valence-electron chi connectivity index (χ4n) is 7.58. The van der Waals surface area contributed by atoms with Gasteiger partial charge in [-0.05, 0) is 109 Å². The molecule has 50 heavy (non-hydrogen) atoms. The van der Waals surface area contributed by atoms with Gasteiger partial charge < -0.3 is 9.32 Å². The maximum Gasteiger partial charge on any atom is 0.227 e. The first-order valence-electron chi connectivity index (χ1n) is 17.0. The molecule has 0 atom stereocenters. The van der Waals surface area contributed by atoms with Crippen LogP contribution in [0, 0.1) is 0 Å². The molecule has 234 valence electrons. The Kier molecular flexibility index (Phi) is 6.49. The number of benzene rings is 8. The Hall–Kier alpha value is -6.71. The predicted octanol–water partition coefficient (Wildman–Crippen LogP) is 13.2. The first-order valence-corrected chi connectivity index (χ1v) is 17.0. The molecule has 0 aliphatic rings. The summed E-state index contributed by atoms with van der Waals surface area (Å²) in [6.45, 7) is 0. The van der Waals surface area contributed by atoms with Gasteiger partial charge in [0.1, 0.15) is 5.58 Å². The Bertz CT molecular complexity index is 2850. The molecule has 0 aliphatic carbocycles. The number of aromatic nitrogens is 1. The lowest BCUT2D eigenvalue weighted by Crippen LogP contribution is -2.10. The van der Waals surface area contributed by atoms with Gasteiger partial charge in [0.05, 0.1) is 16.5 Å². The van der Waals surface area contributed by atoms with E-state index >= 15 is 0 Å². The second-order valence-electron chi connectivity index (χ2n) is 12.8. The van der Waals surface area contributed by atoms with Gasteiger partial charge in [-0.15, -0.1) is 0 Å². The predicted molar refractivity (Wildman–Crippen MR) is 210 cm³/mol. The van der Waals surface area contributed by atoms with Crippen LogP contribution in [0.2, 0.25) is 0 Å². The van der Waals surface area contributed by atoms with Crippen LogP contribution >= 0.6 is 0 Å². The summed E-state index contributed by atoms with van der Waals surface area (Å²) >= 11 is 0. The highest BCUT2D eigenvalue weighted by molar-refractivity contribution is 6.21. The lowest BCUT2D eigenvalue weighted by molar-refractivity contribution is 0.654. The van der Waals surface area contributed by atoms with E-state index in [0.29, 0.717) is 5.71 Å². The molecule has 8 aromatic carbocycles. The number of pyridine rings is 1. The highest BCUT2D eigenvalue weighted by Crippen LogP contribution is 2.44. The van der Waals surface area contributed by atoms with Crippen molar-refractivity contribution in [1.29, 1.82) is 0 Å². The topological polar surface area (TPSA) is 29.3 Å². The minimum absolute atomic E-state index is 0.639. The molecular formula is C47H30N2O. The second kappa shape index (κ2) is 11.5. The van der Waals surface area contributed by atoms with Crippen molar-refractivity contribution in [2.75, 3.05) is 4.90 Å². The smallest absolute Gasteiger partial charge is 0.227 e. The van der Waals surface area contributed by atoms with Crippen LogP contribution in [0.3, 0.4) is 0 Å². The van der Waals surface area contributed by atoms with Crippen LogP contribution in [0.5, 0.6) is 0 Å². The molecule has 0 spiro atoms. The van der Waals surface area contributed by atoms with Crippen molar-refractivity contribution in [1.82, 2.24) is 4.98 Å². The van der Waals surface area contributed by atoms with Crippen LogP contribution in [0.4, 0.5) is 17.1 Å². The molecule has 0 saturated heterocycles. The van der Waals surface area contributed by atoms with Gasteiger partial charge in [-0.25, -0.2) is 4.98 Å². The van der Waals surface area contributed by atoms with Gasteiger partial charge in [0, 0.05) is 17.6 Å². The number of nitrogens with zero attached hydrogens (tertiary/aromatic N) is 2. The summed E-state index contributed by atoms with van der Waals surface area (Å²) in [5.74, 6) is 0. The van der Waals surface area contributed by atoms with Crippen LogP contribution in [-0.4, -0.2) is 4.98 Å². The maximum absolute atomic E-state index is 6.24. The highest BCUT2D eigenvalue weighted by Gasteiger charge is 2.20. The van der Waals surface area contributed by atoms with E-state index in [2.05, 4.69) is 174 Å². The number of hydrogen-bond donors (Lipinski definition) is 0. The molecule has 0 saturated carbocycles. The Morgan fingerprint density at radius 3 is 1.86 bits per heavy atom. The molecule has 0 bridgehead atoms. The molecule has 2 aromatic heterocycles. The Labute approximate surface area is 289 Å². The molecule has 10 aromatic rings. The van der Waals surface area contributed by atoms with E-state index in [1.54, 1.807) is 6.20 Å². The van der Waals surface area contributed by atoms with Crippen molar-refractivity contribution >= 4 is 71.4 Å². The van der Waals surface area contributed by atoms with Crippen molar-refractivity contribution in [2.24, 2.45) is 0 Å². The van der Waals surface area contributed by atoms with E-state index in [4.69, 9.17) is 4.42 Å². The van der Waals surface area contributed by atoms with Crippen molar-refractivity contribution in [3.63, 3.8) is 0 Å². The summed E-state index contributed by atoms with van der Waals surface area (Å²) < 4.78 is 6.24. The van der Waals surface area contributed by atoms with E-state index < -0.39 is 0 Å². The molecule has 0 unspecified atom stereocenters. The van der Waals surface area contributed by atoms with Crippen LogP contribution < -0.4 is 4.90 Å². The molecule has 10 rings (SSSR count). The monoisotopic (exact) mass is 638 g/mol. The summed E-state index contributed by atoms with van der Waals surface area (Å²) in [6, 6.07) is 62.9. The van der Waals surface area contributed by atoms with Crippen molar-refractivity contribution in [3.05, 3.63) is 182 Å². The van der Waals surface area contributed by atoms with Gasteiger partial charge in [0.25, 0.3) is 0 Å². The molecule has 0 amide bonds. The van der Waals surface area contributed by atoms with Gasteiger partial charge in [0.2, 0.25) is 5.71 Å². The molecule has 0 N–H and O–H groups in total. The Morgan fingerprint density at radius 1 is 0.420 bits per heavy atom. The number of furan rings is 1. The van der Waals surface area contributed by atoms with E-state index in [0.717, 1.165) is 33.4 Å². The molecular weight excluding hydrogens is 609 g/mol. The molecule has 0 radical (unpaired) electrons. The summed E-state index contributed by atoms with van der Waals surface area (Å²) in [7, 11) is 0. The van der Waals surface area contributed by atoms with Gasteiger partial charge in [-0.2, -0.15) is 0 Å². The summed E-state index contributed by atoms with van der Waals surface area (Å²) in [5.41, 5.74) is 9.38. The normalized spacial score (nSPS) is 11.6. The van der Waals surface area contributed by atoms with Crippen LogP contribution in [0.15, 0.2) is 187 Å². The standard InChI is InChI=1S/C47H30N2O/c1-2-10-31(11-3-1)32-19-24-35(25-20-32)49(44-17-8-18-45-46(44)41-16-9-29-48-47(41)50-45)36-26-21-34(22-27-36)42-30-43-37-13-5-4-12-33(37)23-28-40(43)38-14-6-7-15-39(38)42/h1-30H. The molecule has 0 aliphatic heterocycles. The van der Waals surface area contributed by atoms with Gasteiger partial charge >= 0.3 is 0 Å². The SMILES string of the molecule is c1ccc(-c2ccc(N(c3ccc(-c4cc5c6ccccc6ccc5c5ccccc45)cc3)c3cccc4oc5ncccc5c34)cc2)cc1. The van der Waals surface area contributed by atoms with E-state index in [1.807, 2.05) is 12.1 Å². The van der Waals surface area contributed by atoms with Crippen molar-refractivity contribution in [3.8, 4) is 22.3 Å². The minimum atomic E-state index is 0.639. The van der Waals surface area contributed by atoms with Crippen molar-refractivity contribution < 1.29 is 4.42 Å². The number of hydrogen-bond acceptors (Lipinski definition) is 3. The summed E-state index contributed by atoms with van der Waals surface area (Å²) in [5, 5.41) is 9.62. The molecule has 0 fully saturated rings.